The number of rotatable bonds is 6. The van der Waals surface area contributed by atoms with Gasteiger partial charge in [-0.25, -0.2) is 14.4 Å². The van der Waals surface area contributed by atoms with Gasteiger partial charge in [-0.1, -0.05) is 35.9 Å². The van der Waals surface area contributed by atoms with E-state index in [0.29, 0.717) is 68.0 Å². The van der Waals surface area contributed by atoms with Gasteiger partial charge in [0.25, 0.3) is 0 Å². The zero-order valence-electron chi connectivity index (χ0n) is 22.7. The molecule has 1 aliphatic rings. The van der Waals surface area contributed by atoms with E-state index in [0.717, 1.165) is 10.8 Å². The molecule has 1 aliphatic heterocycles. The molecule has 40 heavy (non-hydrogen) atoms. The second kappa shape index (κ2) is 11.3. The third kappa shape index (κ3) is 5.38. The summed E-state index contributed by atoms with van der Waals surface area (Å²) in [5.41, 5.74) is 0.745. The number of hydrogen-bond donors (Lipinski definition) is 1. The fourth-order valence-electron chi connectivity index (χ4n) is 5.18. The van der Waals surface area contributed by atoms with Crippen molar-refractivity contribution < 1.29 is 19.1 Å². The van der Waals surface area contributed by atoms with E-state index >= 15 is 4.39 Å². The number of halogens is 2. The summed E-state index contributed by atoms with van der Waals surface area (Å²) >= 11 is 6.77. The third-order valence-electron chi connectivity index (χ3n) is 7.34. The van der Waals surface area contributed by atoms with Crippen molar-refractivity contribution in [2.24, 2.45) is 0 Å². The number of fused-ring (bicyclic) bond motifs is 2. The number of aromatic hydroxyl groups is 1. The summed E-state index contributed by atoms with van der Waals surface area (Å²) in [5, 5.41) is 12.6. The van der Waals surface area contributed by atoms with E-state index in [4.69, 9.17) is 16.6 Å². The molecule has 0 aliphatic carbocycles. The van der Waals surface area contributed by atoms with E-state index in [1.807, 2.05) is 29.2 Å². The summed E-state index contributed by atoms with van der Waals surface area (Å²) in [6, 6.07) is 12.2. The molecule has 0 unspecified atom stereocenters. The quantitative estimate of drug-likeness (QED) is 0.354. The molecule has 0 radical (unpaired) electrons. The fraction of sp³-hybridized carbons (Fsp3) is 0.333. The first kappa shape index (κ1) is 27.6. The summed E-state index contributed by atoms with van der Waals surface area (Å²) in [6.45, 7) is 3.66. The van der Waals surface area contributed by atoms with Crippen molar-refractivity contribution in [2.75, 3.05) is 45.2 Å². The van der Waals surface area contributed by atoms with Crippen LogP contribution in [0, 0.1) is 5.82 Å². The smallest absolute Gasteiger partial charge is 0.222 e. The van der Waals surface area contributed by atoms with Gasteiger partial charge in [0.2, 0.25) is 11.8 Å². The average molecular weight is 564 g/mol. The number of nitrogens with zero attached hydrogens (tertiary/aromatic N) is 5. The van der Waals surface area contributed by atoms with Crippen molar-refractivity contribution in [2.45, 2.75) is 26.2 Å². The molecule has 2 heterocycles. The summed E-state index contributed by atoms with van der Waals surface area (Å²) in [7, 11) is 3.42. The number of phenolic OH excluding ortho intramolecular Hbond substituents is 1. The number of phenols is 1. The second-order valence-electron chi connectivity index (χ2n) is 10.3. The highest BCUT2D eigenvalue weighted by atomic mass is 35.5. The molecule has 1 aromatic heterocycles. The van der Waals surface area contributed by atoms with Gasteiger partial charge in [-0.3, -0.25) is 9.59 Å². The molecule has 0 saturated carbocycles. The van der Waals surface area contributed by atoms with Gasteiger partial charge < -0.3 is 19.8 Å². The highest BCUT2D eigenvalue weighted by molar-refractivity contribution is 6.35. The van der Waals surface area contributed by atoms with Crippen molar-refractivity contribution in [3.05, 3.63) is 59.1 Å². The Morgan fingerprint density at radius 1 is 1.05 bits per heavy atom. The molecule has 208 valence electrons. The average Bonchev–Trinajstić information content (AvgIpc) is 2.93. The van der Waals surface area contributed by atoms with Crippen LogP contribution in [-0.4, -0.2) is 77.0 Å². The lowest BCUT2D eigenvalue weighted by Gasteiger charge is -2.35. The Labute approximate surface area is 237 Å². The SMILES string of the molecule is CC(=O)N1CCN(c2nc(CCCC(=O)N(C)C)nc3c(F)c(-c4cc(O)cc5ccccc45)c(Cl)cc23)CC1. The molecule has 8 nitrogen and oxygen atoms in total. The molecule has 0 bridgehead atoms. The van der Waals surface area contributed by atoms with Gasteiger partial charge in [0.15, 0.2) is 5.82 Å². The molecular formula is C30H31ClFN5O3. The molecule has 1 N–H and O–H groups in total. The van der Waals surface area contributed by atoms with Crippen LogP contribution in [0.15, 0.2) is 42.5 Å². The molecule has 3 aromatic carbocycles. The van der Waals surface area contributed by atoms with E-state index in [9.17, 15) is 14.7 Å². The summed E-state index contributed by atoms with van der Waals surface area (Å²) in [5.74, 6) is 0.385. The lowest BCUT2D eigenvalue weighted by molar-refractivity contribution is -0.129. The molecule has 10 heteroatoms. The maximum Gasteiger partial charge on any atom is 0.222 e. The van der Waals surface area contributed by atoms with E-state index in [-0.39, 0.29) is 33.7 Å². The highest BCUT2D eigenvalue weighted by Gasteiger charge is 2.26. The number of anilines is 1. The lowest BCUT2D eigenvalue weighted by Crippen LogP contribution is -2.48. The van der Waals surface area contributed by atoms with Crippen molar-refractivity contribution in [1.82, 2.24) is 19.8 Å². The van der Waals surface area contributed by atoms with Crippen LogP contribution >= 0.6 is 11.6 Å². The number of piperazine rings is 1. The van der Waals surface area contributed by atoms with Crippen LogP contribution in [0.2, 0.25) is 5.02 Å². The maximum atomic E-state index is 16.5. The van der Waals surface area contributed by atoms with Gasteiger partial charge in [0.05, 0.1) is 5.02 Å². The Bertz CT molecular complexity index is 1620. The molecule has 1 saturated heterocycles. The standard InChI is InChI=1S/C30H31ClFN5O3/c1-18(38)36-11-13-37(14-12-36)30-23-17-24(31)27(22-16-20(39)15-19-7-4-5-8-21(19)22)28(32)29(23)33-25(34-30)9-6-10-26(40)35(2)3/h4-5,7-8,15-17,39H,6,9-14H2,1-3H3. The molecule has 2 amide bonds. The Balaban J connectivity index is 1.64. The molecule has 5 rings (SSSR count). The van der Waals surface area contributed by atoms with Crippen molar-refractivity contribution >= 4 is 50.9 Å². The second-order valence-corrected chi connectivity index (χ2v) is 10.7. The number of benzene rings is 3. The van der Waals surface area contributed by atoms with Gasteiger partial charge in [-0.15, -0.1) is 0 Å². The predicted molar refractivity (Wildman–Crippen MR) is 155 cm³/mol. The van der Waals surface area contributed by atoms with Crippen molar-refractivity contribution in [1.29, 1.82) is 0 Å². The summed E-state index contributed by atoms with van der Waals surface area (Å²) in [4.78, 5) is 38.8. The van der Waals surface area contributed by atoms with E-state index < -0.39 is 5.82 Å². The monoisotopic (exact) mass is 563 g/mol. The third-order valence-corrected chi connectivity index (χ3v) is 7.64. The highest BCUT2D eigenvalue weighted by Crippen LogP contribution is 2.42. The zero-order valence-corrected chi connectivity index (χ0v) is 23.5. The van der Waals surface area contributed by atoms with Crippen LogP contribution in [0.1, 0.15) is 25.6 Å². The van der Waals surface area contributed by atoms with Crippen molar-refractivity contribution in [3.8, 4) is 16.9 Å². The van der Waals surface area contributed by atoms with Crippen LogP contribution in [-0.2, 0) is 16.0 Å². The Hall–Kier alpha value is -3.98. The summed E-state index contributed by atoms with van der Waals surface area (Å²) in [6.07, 6.45) is 1.23. The number of carbonyl (C=O) groups excluding carboxylic acids is 2. The number of amides is 2. The van der Waals surface area contributed by atoms with Gasteiger partial charge in [0, 0.05) is 71.0 Å². The zero-order chi connectivity index (χ0) is 28.6. The van der Waals surface area contributed by atoms with Crippen LogP contribution in [0.3, 0.4) is 0 Å². The minimum atomic E-state index is -0.602. The topological polar surface area (TPSA) is 89.9 Å². The van der Waals surface area contributed by atoms with Crippen molar-refractivity contribution in [3.63, 3.8) is 0 Å². The molecule has 4 aromatic rings. The van der Waals surface area contributed by atoms with Gasteiger partial charge in [0.1, 0.15) is 22.9 Å². The van der Waals surface area contributed by atoms with E-state index in [2.05, 4.69) is 4.98 Å². The number of hydrogen-bond acceptors (Lipinski definition) is 6. The predicted octanol–water partition coefficient (Wildman–Crippen LogP) is 5.03. The molecular weight excluding hydrogens is 533 g/mol. The first-order valence-corrected chi connectivity index (χ1v) is 13.6. The Morgan fingerprint density at radius 3 is 2.48 bits per heavy atom. The lowest BCUT2D eigenvalue weighted by atomic mass is 9.96. The first-order valence-electron chi connectivity index (χ1n) is 13.3. The Morgan fingerprint density at radius 2 is 1.77 bits per heavy atom. The van der Waals surface area contributed by atoms with E-state index in [1.54, 1.807) is 38.1 Å². The molecule has 1 fully saturated rings. The molecule has 0 spiro atoms. The minimum absolute atomic E-state index is 0.00207. The van der Waals surface area contributed by atoms with Crippen LogP contribution in [0.5, 0.6) is 5.75 Å². The van der Waals surface area contributed by atoms with Gasteiger partial charge in [-0.2, -0.15) is 0 Å². The van der Waals surface area contributed by atoms with Crippen LogP contribution < -0.4 is 4.90 Å². The minimum Gasteiger partial charge on any atom is -0.508 e. The normalized spacial score (nSPS) is 13.7. The van der Waals surface area contributed by atoms with Gasteiger partial charge in [-0.05, 0) is 41.0 Å². The maximum absolute atomic E-state index is 16.5. The molecule has 0 atom stereocenters. The number of aromatic nitrogens is 2. The fourth-order valence-corrected chi connectivity index (χ4v) is 5.47. The largest absolute Gasteiger partial charge is 0.508 e. The number of aryl methyl sites for hydroxylation is 1. The van der Waals surface area contributed by atoms with Crippen LogP contribution in [0.25, 0.3) is 32.8 Å². The van der Waals surface area contributed by atoms with Gasteiger partial charge >= 0.3 is 0 Å². The van der Waals surface area contributed by atoms with Crippen LogP contribution in [0.4, 0.5) is 10.2 Å². The first-order chi connectivity index (χ1) is 19.1. The summed E-state index contributed by atoms with van der Waals surface area (Å²) < 4.78 is 16.5. The Kier molecular flexibility index (Phi) is 7.76. The number of carbonyl (C=O) groups is 2. The van der Waals surface area contributed by atoms with E-state index in [1.165, 1.54) is 11.0 Å².